The molecule has 6 nitrogen and oxygen atoms in total. The molecule has 0 saturated carbocycles. The van der Waals surface area contributed by atoms with Crippen molar-refractivity contribution in [1.82, 2.24) is 9.21 Å². The lowest BCUT2D eigenvalue weighted by Crippen LogP contribution is -2.54. The number of hydrogen-bond acceptors (Lipinski definition) is 5. The second kappa shape index (κ2) is 5.03. The first-order valence-electron chi connectivity index (χ1n) is 6.27. The van der Waals surface area contributed by atoms with Crippen molar-refractivity contribution in [3.8, 4) is 0 Å². The molecule has 19 heavy (non-hydrogen) atoms. The zero-order valence-corrected chi connectivity index (χ0v) is 12.2. The number of carbonyl (C=O) groups is 3. The van der Waals surface area contributed by atoms with Crippen LogP contribution in [0.1, 0.15) is 33.6 Å². The lowest BCUT2D eigenvalue weighted by Gasteiger charge is -2.39. The highest BCUT2D eigenvalue weighted by Crippen LogP contribution is 2.30. The molecule has 106 valence electrons. The van der Waals surface area contributed by atoms with Crippen molar-refractivity contribution in [3.05, 3.63) is 0 Å². The van der Waals surface area contributed by atoms with E-state index in [1.807, 2.05) is 20.8 Å². The van der Waals surface area contributed by atoms with Gasteiger partial charge in [-0.25, -0.2) is 9.10 Å². The predicted octanol–water partition coefficient (Wildman–Crippen LogP) is 1.40. The highest BCUT2D eigenvalue weighted by molar-refractivity contribution is 7.98. The van der Waals surface area contributed by atoms with Crippen LogP contribution in [0, 0.1) is 0 Å². The lowest BCUT2D eigenvalue weighted by molar-refractivity contribution is -0.131. The zero-order chi connectivity index (χ0) is 14.2. The van der Waals surface area contributed by atoms with Crippen molar-refractivity contribution in [2.24, 2.45) is 0 Å². The average Bonchev–Trinajstić information content (AvgIpc) is 2.50. The molecule has 2 rings (SSSR count). The van der Waals surface area contributed by atoms with Crippen molar-refractivity contribution >= 4 is 29.9 Å². The van der Waals surface area contributed by atoms with Crippen LogP contribution in [0.15, 0.2) is 0 Å². The van der Waals surface area contributed by atoms with Crippen molar-refractivity contribution in [2.45, 2.75) is 44.5 Å². The number of rotatable bonds is 2. The van der Waals surface area contributed by atoms with Gasteiger partial charge in [0.05, 0.1) is 5.25 Å². The first kappa shape index (κ1) is 14.2. The van der Waals surface area contributed by atoms with Gasteiger partial charge in [0.15, 0.2) is 0 Å². The SMILES string of the molecule is CC(C)(C)OC(=O)N1CC(SN2C(=O)CCC2=O)C1. The molecule has 2 heterocycles. The van der Waals surface area contributed by atoms with Crippen LogP contribution in [-0.2, 0) is 14.3 Å². The number of amides is 3. The molecule has 2 aliphatic heterocycles. The third kappa shape index (κ3) is 3.40. The van der Waals surface area contributed by atoms with E-state index in [1.165, 1.54) is 16.3 Å². The fraction of sp³-hybridized carbons (Fsp3) is 0.750. The molecule has 0 unspecified atom stereocenters. The van der Waals surface area contributed by atoms with Gasteiger partial charge in [0.1, 0.15) is 5.60 Å². The van der Waals surface area contributed by atoms with Gasteiger partial charge in [0.2, 0.25) is 11.8 Å². The summed E-state index contributed by atoms with van der Waals surface area (Å²) in [6.07, 6.45) is 0.256. The van der Waals surface area contributed by atoms with Gasteiger partial charge in [-0.3, -0.25) is 9.59 Å². The quantitative estimate of drug-likeness (QED) is 0.567. The Kier molecular flexibility index (Phi) is 3.75. The Morgan fingerprint density at radius 3 is 2.21 bits per heavy atom. The summed E-state index contributed by atoms with van der Waals surface area (Å²) in [6.45, 7) is 6.47. The summed E-state index contributed by atoms with van der Waals surface area (Å²) in [5, 5.41) is 0.0959. The summed E-state index contributed by atoms with van der Waals surface area (Å²) in [4.78, 5) is 36.2. The molecule has 2 aliphatic rings. The number of likely N-dealkylation sites (tertiary alicyclic amines) is 1. The highest BCUT2D eigenvalue weighted by Gasteiger charge is 2.39. The Labute approximate surface area is 116 Å². The van der Waals surface area contributed by atoms with E-state index in [4.69, 9.17) is 4.74 Å². The predicted molar refractivity (Wildman–Crippen MR) is 70.3 cm³/mol. The van der Waals surface area contributed by atoms with Crippen LogP contribution >= 0.6 is 11.9 Å². The van der Waals surface area contributed by atoms with Gasteiger partial charge in [-0.1, -0.05) is 0 Å². The van der Waals surface area contributed by atoms with E-state index in [1.54, 1.807) is 4.90 Å². The van der Waals surface area contributed by atoms with Gasteiger partial charge in [0, 0.05) is 25.9 Å². The van der Waals surface area contributed by atoms with Crippen LogP contribution in [0.5, 0.6) is 0 Å². The average molecular weight is 286 g/mol. The van der Waals surface area contributed by atoms with E-state index < -0.39 is 5.60 Å². The fourth-order valence-corrected chi connectivity index (χ4v) is 3.01. The maximum absolute atomic E-state index is 11.7. The van der Waals surface area contributed by atoms with E-state index >= 15 is 0 Å². The number of imide groups is 1. The third-order valence-electron chi connectivity index (χ3n) is 2.76. The summed E-state index contributed by atoms with van der Waals surface area (Å²) in [6, 6.07) is 0. The van der Waals surface area contributed by atoms with Gasteiger partial charge >= 0.3 is 6.09 Å². The largest absolute Gasteiger partial charge is 0.444 e. The molecule has 0 N–H and O–H groups in total. The number of nitrogens with zero attached hydrogens (tertiary/aromatic N) is 2. The molecule has 0 spiro atoms. The van der Waals surface area contributed by atoms with Crippen LogP contribution in [-0.4, -0.2) is 51.1 Å². The maximum atomic E-state index is 11.7. The smallest absolute Gasteiger partial charge is 0.410 e. The zero-order valence-electron chi connectivity index (χ0n) is 11.3. The summed E-state index contributed by atoms with van der Waals surface area (Å²) >= 11 is 1.23. The molecule has 0 bridgehead atoms. The van der Waals surface area contributed by atoms with Crippen LogP contribution in [0.3, 0.4) is 0 Å². The van der Waals surface area contributed by atoms with Crippen molar-refractivity contribution in [1.29, 1.82) is 0 Å². The van der Waals surface area contributed by atoms with Gasteiger partial charge in [-0.05, 0) is 32.7 Å². The van der Waals surface area contributed by atoms with Gasteiger partial charge < -0.3 is 9.64 Å². The molecule has 0 aromatic heterocycles. The second-order valence-corrected chi connectivity index (χ2v) is 6.94. The number of ether oxygens (including phenoxy) is 1. The molecule has 0 radical (unpaired) electrons. The fourth-order valence-electron chi connectivity index (χ4n) is 1.80. The monoisotopic (exact) mass is 286 g/mol. The van der Waals surface area contributed by atoms with E-state index in [2.05, 4.69) is 0 Å². The molecule has 7 heteroatoms. The Balaban J connectivity index is 1.76. The number of carbonyl (C=O) groups excluding carboxylic acids is 3. The van der Waals surface area contributed by atoms with Crippen LogP contribution in [0.2, 0.25) is 0 Å². The molecule has 0 atom stereocenters. The van der Waals surface area contributed by atoms with E-state index in [0.29, 0.717) is 25.9 Å². The minimum Gasteiger partial charge on any atom is -0.444 e. The van der Waals surface area contributed by atoms with Crippen LogP contribution < -0.4 is 0 Å². The van der Waals surface area contributed by atoms with Crippen molar-refractivity contribution in [3.63, 3.8) is 0 Å². The lowest BCUT2D eigenvalue weighted by atomic mass is 10.2. The van der Waals surface area contributed by atoms with Crippen LogP contribution in [0.25, 0.3) is 0 Å². The number of hydrogen-bond donors (Lipinski definition) is 0. The summed E-state index contributed by atoms with van der Waals surface area (Å²) < 4.78 is 6.47. The molecule has 0 aliphatic carbocycles. The molecule has 0 aromatic carbocycles. The minimum atomic E-state index is -0.504. The standard InChI is InChI=1S/C12H18N2O4S/c1-12(2,3)18-11(17)13-6-8(7-13)19-14-9(15)4-5-10(14)16/h8H,4-7H2,1-3H3. The first-order valence-corrected chi connectivity index (χ1v) is 7.10. The molecule has 2 fully saturated rings. The molecule has 0 aromatic rings. The maximum Gasteiger partial charge on any atom is 0.410 e. The highest BCUT2D eigenvalue weighted by atomic mass is 32.2. The molecule has 2 saturated heterocycles. The second-order valence-electron chi connectivity index (χ2n) is 5.69. The Bertz CT molecular complexity index is 396. The third-order valence-corrected chi connectivity index (χ3v) is 3.97. The summed E-state index contributed by atoms with van der Waals surface area (Å²) in [5.74, 6) is -0.267. The van der Waals surface area contributed by atoms with Gasteiger partial charge in [-0.2, -0.15) is 0 Å². The Morgan fingerprint density at radius 1 is 1.21 bits per heavy atom. The Hall–Kier alpha value is -1.24. The minimum absolute atomic E-state index is 0.0959. The Morgan fingerprint density at radius 2 is 1.74 bits per heavy atom. The topological polar surface area (TPSA) is 66.9 Å². The first-order chi connectivity index (χ1) is 8.76. The van der Waals surface area contributed by atoms with E-state index in [-0.39, 0.29) is 23.2 Å². The van der Waals surface area contributed by atoms with Crippen molar-refractivity contribution in [2.75, 3.05) is 13.1 Å². The normalized spacial score (nSPS) is 20.8. The van der Waals surface area contributed by atoms with E-state index in [0.717, 1.165) is 0 Å². The summed E-state index contributed by atoms with van der Waals surface area (Å²) in [5.41, 5.74) is -0.504. The van der Waals surface area contributed by atoms with E-state index in [9.17, 15) is 14.4 Å². The van der Waals surface area contributed by atoms with Gasteiger partial charge in [-0.15, -0.1) is 0 Å². The molecular formula is C12H18N2O4S. The molecular weight excluding hydrogens is 268 g/mol. The summed E-state index contributed by atoms with van der Waals surface area (Å²) in [7, 11) is 0. The molecule has 3 amide bonds. The van der Waals surface area contributed by atoms with Crippen molar-refractivity contribution < 1.29 is 19.1 Å². The van der Waals surface area contributed by atoms with Crippen LogP contribution in [0.4, 0.5) is 4.79 Å². The van der Waals surface area contributed by atoms with Gasteiger partial charge in [0.25, 0.3) is 0 Å².